The highest BCUT2D eigenvalue weighted by molar-refractivity contribution is 7.22. The molecule has 48 heavy (non-hydrogen) atoms. The van der Waals surface area contributed by atoms with Crippen LogP contribution in [0.25, 0.3) is 26.3 Å². The van der Waals surface area contributed by atoms with Crippen LogP contribution in [0.3, 0.4) is 0 Å². The van der Waals surface area contributed by atoms with Crippen molar-refractivity contribution in [2.45, 2.75) is 19.3 Å². The molecule has 0 bridgehead atoms. The molecule has 0 aliphatic heterocycles. The summed E-state index contributed by atoms with van der Waals surface area (Å²) in [4.78, 5) is 47.4. The standard InChI is InChI=1S/C32H28F5N5O5S/c1-40(2)15-23-26-28(43)42(20-11-13-21(14-12-20)47-17-32(35,36)37)31(45)41(16-22-24(33)5-4-6-25(22)34)29(26)48-27(23)18-7-9-19(10-8-18)38-30(44)39-46-3/h4-14H,15-17H2,1-3H3,(H2,38,39,44). The Morgan fingerprint density at radius 2 is 1.58 bits per heavy atom. The molecule has 2 N–H and O–H groups in total. The summed E-state index contributed by atoms with van der Waals surface area (Å²) in [6, 6.07) is 14.2. The Bertz CT molecular complexity index is 2050. The quantitative estimate of drug-likeness (QED) is 0.140. The van der Waals surface area contributed by atoms with Gasteiger partial charge in [-0.1, -0.05) is 18.2 Å². The van der Waals surface area contributed by atoms with E-state index in [9.17, 15) is 36.3 Å². The van der Waals surface area contributed by atoms with Gasteiger partial charge < -0.3 is 15.0 Å². The number of hydrogen-bond acceptors (Lipinski definition) is 7. The van der Waals surface area contributed by atoms with Crippen molar-refractivity contribution in [1.82, 2.24) is 19.5 Å². The third-order valence-corrected chi connectivity index (χ3v) is 8.33. The van der Waals surface area contributed by atoms with Crippen molar-refractivity contribution in [3.05, 3.63) is 110 Å². The molecule has 0 fully saturated rings. The number of benzene rings is 3. The number of hydrogen-bond donors (Lipinski definition) is 2. The Morgan fingerprint density at radius 1 is 0.938 bits per heavy atom. The number of anilines is 1. The lowest BCUT2D eigenvalue weighted by Crippen LogP contribution is -2.39. The minimum absolute atomic E-state index is 0.00216. The fourth-order valence-corrected chi connectivity index (χ4v) is 6.29. The number of halogens is 5. The molecule has 0 aliphatic carbocycles. The van der Waals surface area contributed by atoms with Crippen LogP contribution < -0.4 is 26.8 Å². The minimum atomic E-state index is -4.58. The lowest BCUT2D eigenvalue weighted by Gasteiger charge is -2.15. The van der Waals surface area contributed by atoms with Gasteiger partial charge in [0.1, 0.15) is 22.2 Å². The Labute approximate surface area is 273 Å². The summed E-state index contributed by atoms with van der Waals surface area (Å²) >= 11 is 1.08. The van der Waals surface area contributed by atoms with Gasteiger partial charge in [-0.3, -0.25) is 14.2 Å². The van der Waals surface area contributed by atoms with Crippen LogP contribution in [0.5, 0.6) is 5.75 Å². The first-order chi connectivity index (χ1) is 22.8. The number of aromatic nitrogens is 2. The highest BCUT2D eigenvalue weighted by Crippen LogP contribution is 2.38. The first-order valence-electron chi connectivity index (χ1n) is 14.2. The number of carbonyl (C=O) groups excluding carboxylic acids is 1. The molecule has 0 aliphatic rings. The Morgan fingerprint density at radius 3 is 2.17 bits per heavy atom. The molecule has 2 aromatic heterocycles. The van der Waals surface area contributed by atoms with E-state index in [4.69, 9.17) is 4.74 Å². The van der Waals surface area contributed by atoms with Gasteiger partial charge in [-0.05, 0) is 73.8 Å². The van der Waals surface area contributed by atoms with Crippen LogP contribution in [0, 0.1) is 11.6 Å². The van der Waals surface area contributed by atoms with E-state index in [1.54, 1.807) is 43.3 Å². The number of rotatable bonds is 10. The van der Waals surface area contributed by atoms with Gasteiger partial charge in [0.25, 0.3) is 5.56 Å². The van der Waals surface area contributed by atoms with E-state index < -0.39 is 53.8 Å². The Hall–Kier alpha value is -5.06. The monoisotopic (exact) mass is 689 g/mol. The summed E-state index contributed by atoms with van der Waals surface area (Å²) in [5.74, 6) is -1.95. The first-order valence-corrected chi connectivity index (χ1v) is 15.0. The maximum absolute atomic E-state index is 14.9. The van der Waals surface area contributed by atoms with Gasteiger partial charge in [-0.2, -0.15) is 13.2 Å². The van der Waals surface area contributed by atoms with E-state index in [1.165, 1.54) is 37.4 Å². The number of thiophene rings is 1. The topological polar surface area (TPSA) is 107 Å². The van der Waals surface area contributed by atoms with E-state index in [0.29, 0.717) is 21.7 Å². The molecule has 0 spiro atoms. The molecule has 10 nitrogen and oxygen atoms in total. The van der Waals surface area contributed by atoms with Crippen LogP contribution in [0.2, 0.25) is 0 Å². The zero-order chi connectivity index (χ0) is 34.7. The molecule has 0 saturated carbocycles. The molecule has 16 heteroatoms. The summed E-state index contributed by atoms with van der Waals surface area (Å²) in [5, 5.41) is 2.70. The van der Waals surface area contributed by atoms with Gasteiger partial charge in [-0.25, -0.2) is 28.4 Å². The molecule has 0 unspecified atom stereocenters. The predicted molar refractivity (Wildman–Crippen MR) is 171 cm³/mol. The van der Waals surface area contributed by atoms with E-state index in [1.807, 2.05) is 0 Å². The van der Waals surface area contributed by atoms with Crippen LogP contribution in [0.15, 0.2) is 76.3 Å². The maximum atomic E-state index is 14.9. The summed E-state index contributed by atoms with van der Waals surface area (Å²) in [5.41, 5.74) is 1.65. The molecule has 5 aromatic rings. The highest BCUT2D eigenvalue weighted by Gasteiger charge is 2.29. The van der Waals surface area contributed by atoms with Crippen molar-refractivity contribution in [2.24, 2.45) is 0 Å². The second kappa shape index (κ2) is 14.0. The second-order valence-corrected chi connectivity index (χ2v) is 11.8. The van der Waals surface area contributed by atoms with Gasteiger partial charge >= 0.3 is 17.9 Å². The molecular formula is C32H28F5N5O5S. The van der Waals surface area contributed by atoms with Gasteiger partial charge in [0, 0.05) is 22.7 Å². The van der Waals surface area contributed by atoms with E-state index in [2.05, 4.69) is 15.6 Å². The normalized spacial score (nSPS) is 11.7. The van der Waals surface area contributed by atoms with Crippen LogP contribution in [-0.2, 0) is 17.9 Å². The zero-order valence-electron chi connectivity index (χ0n) is 25.7. The largest absolute Gasteiger partial charge is 0.484 e. The number of carbonyl (C=O) groups is 1. The van der Waals surface area contributed by atoms with Crippen molar-refractivity contribution in [2.75, 3.05) is 33.1 Å². The number of fused-ring (bicyclic) bond motifs is 1. The SMILES string of the molecule is CONC(=O)Nc1ccc(-c2sc3c(c2CN(C)C)c(=O)n(-c2ccc(OCC(F)(F)F)cc2)c(=O)n3Cc2c(F)cccc2F)cc1. The maximum Gasteiger partial charge on any atom is 0.422 e. The van der Waals surface area contributed by atoms with E-state index >= 15 is 0 Å². The van der Waals surface area contributed by atoms with Crippen molar-refractivity contribution >= 4 is 33.3 Å². The average Bonchev–Trinajstić information content (AvgIpc) is 3.38. The third kappa shape index (κ3) is 7.40. The second-order valence-electron chi connectivity index (χ2n) is 10.8. The summed E-state index contributed by atoms with van der Waals surface area (Å²) < 4.78 is 74.5. The molecular weight excluding hydrogens is 661 g/mol. The summed E-state index contributed by atoms with van der Waals surface area (Å²) in [7, 11) is 4.84. The number of urea groups is 1. The summed E-state index contributed by atoms with van der Waals surface area (Å²) in [6.45, 7) is -1.89. The highest BCUT2D eigenvalue weighted by atomic mass is 32.1. The van der Waals surface area contributed by atoms with Crippen LogP contribution in [-0.4, -0.2) is 54.1 Å². The lowest BCUT2D eigenvalue weighted by molar-refractivity contribution is -0.153. The number of nitrogens with one attached hydrogen (secondary N) is 2. The van der Waals surface area contributed by atoms with Gasteiger partial charge in [0.2, 0.25) is 0 Å². The molecule has 2 amide bonds. The van der Waals surface area contributed by atoms with Crippen LogP contribution >= 0.6 is 11.3 Å². The molecule has 0 atom stereocenters. The molecule has 3 aromatic carbocycles. The van der Waals surface area contributed by atoms with E-state index in [0.717, 1.165) is 32.6 Å². The van der Waals surface area contributed by atoms with E-state index in [-0.39, 0.29) is 28.2 Å². The van der Waals surface area contributed by atoms with Crippen molar-refractivity contribution in [3.8, 4) is 21.9 Å². The van der Waals surface area contributed by atoms with Crippen molar-refractivity contribution < 1.29 is 36.3 Å². The molecule has 5 rings (SSSR count). The molecule has 0 radical (unpaired) electrons. The molecule has 2 heterocycles. The average molecular weight is 690 g/mol. The summed E-state index contributed by atoms with van der Waals surface area (Å²) in [6.07, 6.45) is -4.58. The van der Waals surface area contributed by atoms with Crippen molar-refractivity contribution in [1.29, 1.82) is 0 Å². The number of nitrogens with zero attached hydrogens (tertiary/aromatic N) is 3. The Kier molecular flexibility index (Phi) is 9.98. The number of alkyl halides is 3. The first kappa shape index (κ1) is 34.3. The van der Waals surface area contributed by atoms with Gasteiger partial charge in [0.05, 0.1) is 24.7 Å². The van der Waals surface area contributed by atoms with Crippen LogP contribution in [0.1, 0.15) is 11.1 Å². The smallest absolute Gasteiger partial charge is 0.422 e. The van der Waals surface area contributed by atoms with Gasteiger partial charge in [-0.15, -0.1) is 11.3 Å². The number of ether oxygens (including phenoxy) is 1. The Balaban J connectivity index is 1.73. The fourth-order valence-electron chi connectivity index (χ4n) is 4.99. The van der Waals surface area contributed by atoms with Gasteiger partial charge in [0.15, 0.2) is 6.61 Å². The van der Waals surface area contributed by atoms with Crippen LogP contribution in [0.4, 0.5) is 32.4 Å². The lowest BCUT2D eigenvalue weighted by atomic mass is 10.1. The van der Waals surface area contributed by atoms with Crippen molar-refractivity contribution in [3.63, 3.8) is 0 Å². The zero-order valence-corrected chi connectivity index (χ0v) is 26.5. The number of hydroxylamine groups is 1. The number of amides is 2. The fraction of sp³-hybridized carbons (Fsp3) is 0.219. The minimum Gasteiger partial charge on any atom is -0.484 e. The molecule has 0 saturated heterocycles. The molecule has 252 valence electrons. The third-order valence-electron chi connectivity index (χ3n) is 7.02. The predicted octanol–water partition coefficient (Wildman–Crippen LogP) is 5.89.